The molecular formula is C13H19BrN2S2. The van der Waals surface area contributed by atoms with Crippen LogP contribution in [0.4, 0.5) is 0 Å². The molecule has 1 unspecified atom stereocenters. The Morgan fingerprint density at radius 2 is 2.33 bits per heavy atom. The predicted molar refractivity (Wildman–Crippen MR) is 86.9 cm³/mol. The summed E-state index contributed by atoms with van der Waals surface area (Å²) in [5, 5.41) is 5.27. The molecule has 1 aliphatic rings. The van der Waals surface area contributed by atoms with Crippen molar-refractivity contribution in [2.24, 2.45) is 10.9 Å². The molecule has 0 radical (unpaired) electrons. The molecule has 5 heteroatoms. The molecule has 100 valence electrons. The lowest BCUT2D eigenvalue weighted by Crippen LogP contribution is -2.22. The summed E-state index contributed by atoms with van der Waals surface area (Å²) in [6, 6.07) is 4.29. The van der Waals surface area contributed by atoms with Gasteiger partial charge in [-0.15, -0.1) is 11.3 Å². The molecule has 1 atom stereocenters. The van der Waals surface area contributed by atoms with Crippen molar-refractivity contribution in [2.75, 3.05) is 13.1 Å². The highest BCUT2D eigenvalue weighted by Gasteiger charge is 2.19. The van der Waals surface area contributed by atoms with E-state index in [-0.39, 0.29) is 0 Å². The van der Waals surface area contributed by atoms with Crippen LogP contribution in [0.1, 0.15) is 25.1 Å². The minimum atomic E-state index is 0.684. The molecule has 0 aromatic carbocycles. The van der Waals surface area contributed by atoms with Crippen molar-refractivity contribution in [3.05, 3.63) is 20.8 Å². The lowest BCUT2D eigenvalue weighted by Gasteiger charge is -2.11. The fourth-order valence-electron chi connectivity index (χ4n) is 1.94. The standard InChI is InChI=1S/C13H19BrN2S2/c1-9(2)7-11-8-16-13(18-11)15-6-5-10-3-4-12(14)17-10/h3-4,9,11H,5-8H2,1-2H3,(H,15,16). The molecule has 0 aliphatic carbocycles. The van der Waals surface area contributed by atoms with E-state index in [0.29, 0.717) is 5.25 Å². The van der Waals surface area contributed by atoms with E-state index in [1.165, 1.54) is 15.1 Å². The van der Waals surface area contributed by atoms with Crippen LogP contribution in [0.5, 0.6) is 0 Å². The normalized spacial score (nSPS) is 19.3. The van der Waals surface area contributed by atoms with Crippen molar-refractivity contribution in [1.29, 1.82) is 0 Å². The number of halogens is 1. The van der Waals surface area contributed by atoms with Crippen LogP contribution in [0.15, 0.2) is 20.9 Å². The highest BCUT2D eigenvalue weighted by molar-refractivity contribution is 9.11. The van der Waals surface area contributed by atoms with E-state index in [2.05, 4.69) is 52.2 Å². The molecule has 2 heterocycles. The van der Waals surface area contributed by atoms with Gasteiger partial charge in [-0.25, -0.2) is 0 Å². The van der Waals surface area contributed by atoms with Crippen LogP contribution >= 0.6 is 39.0 Å². The largest absolute Gasteiger partial charge is 0.365 e. The van der Waals surface area contributed by atoms with Gasteiger partial charge in [0.1, 0.15) is 0 Å². The zero-order valence-electron chi connectivity index (χ0n) is 10.8. The predicted octanol–water partition coefficient (Wildman–Crippen LogP) is 4.16. The maximum Gasteiger partial charge on any atom is 0.156 e. The minimum Gasteiger partial charge on any atom is -0.365 e. The van der Waals surface area contributed by atoms with E-state index < -0.39 is 0 Å². The van der Waals surface area contributed by atoms with E-state index >= 15 is 0 Å². The van der Waals surface area contributed by atoms with E-state index in [1.807, 2.05) is 23.1 Å². The monoisotopic (exact) mass is 346 g/mol. The van der Waals surface area contributed by atoms with Crippen LogP contribution < -0.4 is 5.32 Å². The van der Waals surface area contributed by atoms with Crippen molar-refractivity contribution in [2.45, 2.75) is 31.9 Å². The Kier molecular flexibility index (Phi) is 5.57. The van der Waals surface area contributed by atoms with Crippen LogP contribution in [0, 0.1) is 5.92 Å². The van der Waals surface area contributed by atoms with Crippen LogP contribution in [0.25, 0.3) is 0 Å². The number of amidine groups is 1. The molecule has 2 rings (SSSR count). The molecule has 2 nitrogen and oxygen atoms in total. The summed E-state index contributed by atoms with van der Waals surface area (Å²) < 4.78 is 1.21. The van der Waals surface area contributed by atoms with Crippen molar-refractivity contribution in [1.82, 2.24) is 5.32 Å². The molecule has 0 fully saturated rings. The quantitative estimate of drug-likeness (QED) is 0.865. The summed E-state index contributed by atoms with van der Waals surface area (Å²) in [4.78, 5) is 5.98. The zero-order chi connectivity index (χ0) is 13.0. The van der Waals surface area contributed by atoms with Gasteiger partial charge in [-0.3, -0.25) is 4.99 Å². The number of hydrogen-bond donors (Lipinski definition) is 1. The first-order chi connectivity index (χ1) is 8.63. The molecule has 1 aromatic rings. The molecule has 0 saturated heterocycles. The lowest BCUT2D eigenvalue weighted by atomic mass is 10.1. The van der Waals surface area contributed by atoms with Gasteiger partial charge in [0, 0.05) is 16.7 Å². The average Bonchev–Trinajstić information content (AvgIpc) is 2.88. The number of thioether (sulfide) groups is 1. The Morgan fingerprint density at radius 3 is 3.00 bits per heavy atom. The molecule has 0 bridgehead atoms. The number of nitrogens with zero attached hydrogens (tertiary/aromatic N) is 1. The van der Waals surface area contributed by atoms with Gasteiger partial charge in [0.15, 0.2) is 5.17 Å². The SMILES string of the molecule is CC(C)CC1CN=C(NCCc2ccc(Br)s2)S1. The topological polar surface area (TPSA) is 24.4 Å². The van der Waals surface area contributed by atoms with Crippen LogP contribution in [0.3, 0.4) is 0 Å². The van der Waals surface area contributed by atoms with Gasteiger partial charge in [0.2, 0.25) is 0 Å². The van der Waals surface area contributed by atoms with Gasteiger partial charge >= 0.3 is 0 Å². The highest BCUT2D eigenvalue weighted by atomic mass is 79.9. The average molecular weight is 347 g/mol. The third-order valence-corrected chi connectivity index (χ3v) is 5.58. The van der Waals surface area contributed by atoms with E-state index in [0.717, 1.165) is 30.6 Å². The molecule has 1 N–H and O–H groups in total. The molecule has 0 saturated carbocycles. The Balaban J connectivity index is 1.66. The van der Waals surface area contributed by atoms with Crippen molar-refractivity contribution in [3.8, 4) is 0 Å². The van der Waals surface area contributed by atoms with Gasteiger partial charge in [0.05, 0.1) is 10.3 Å². The fourth-order valence-corrected chi connectivity index (χ4v) is 4.70. The van der Waals surface area contributed by atoms with Crippen LogP contribution in [-0.2, 0) is 6.42 Å². The second kappa shape index (κ2) is 6.96. The number of hydrogen-bond acceptors (Lipinski definition) is 4. The Labute approximate surface area is 126 Å². The molecule has 0 amide bonds. The lowest BCUT2D eigenvalue weighted by molar-refractivity contribution is 0.575. The fraction of sp³-hybridized carbons (Fsp3) is 0.615. The smallest absolute Gasteiger partial charge is 0.156 e. The second-order valence-electron chi connectivity index (χ2n) is 4.90. The second-order valence-corrected chi connectivity index (χ2v) is 8.73. The van der Waals surface area contributed by atoms with E-state index in [4.69, 9.17) is 0 Å². The summed E-state index contributed by atoms with van der Waals surface area (Å²) in [5.41, 5.74) is 0. The number of thiophene rings is 1. The maximum atomic E-state index is 4.57. The first-order valence-corrected chi connectivity index (χ1v) is 8.81. The number of nitrogens with one attached hydrogen (secondary N) is 1. The summed E-state index contributed by atoms with van der Waals surface area (Å²) in [7, 11) is 0. The number of aliphatic imine (C=N–C) groups is 1. The Hall–Kier alpha value is -0.000000000000000111. The molecule has 1 aromatic heterocycles. The molecule has 1 aliphatic heterocycles. The Morgan fingerprint density at radius 1 is 1.50 bits per heavy atom. The van der Waals surface area contributed by atoms with Crippen molar-refractivity contribution in [3.63, 3.8) is 0 Å². The zero-order valence-corrected chi connectivity index (χ0v) is 14.0. The van der Waals surface area contributed by atoms with Gasteiger partial charge in [-0.2, -0.15) is 0 Å². The van der Waals surface area contributed by atoms with Crippen LogP contribution in [0.2, 0.25) is 0 Å². The summed E-state index contributed by atoms with van der Waals surface area (Å²) in [6.45, 7) is 6.52. The third kappa shape index (κ3) is 4.59. The highest BCUT2D eigenvalue weighted by Crippen LogP contribution is 2.26. The van der Waals surface area contributed by atoms with Crippen molar-refractivity contribution < 1.29 is 0 Å². The van der Waals surface area contributed by atoms with E-state index in [9.17, 15) is 0 Å². The summed E-state index contributed by atoms with van der Waals surface area (Å²) in [5.74, 6) is 0.764. The van der Waals surface area contributed by atoms with E-state index in [1.54, 1.807) is 0 Å². The Bertz CT molecular complexity index is 415. The summed E-state index contributed by atoms with van der Waals surface area (Å²) in [6.07, 6.45) is 2.34. The van der Waals surface area contributed by atoms with Crippen molar-refractivity contribution >= 4 is 44.2 Å². The first kappa shape index (κ1) is 14.4. The number of rotatable bonds is 5. The molecule has 0 spiro atoms. The first-order valence-electron chi connectivity index (χ1n) is 6.32. The van der Waals surface area contributed by atoms with Gasteiger partial charge in [-0.05, 0) is 46.8 Å². The summed E-state index contributed by atoms with van der Waals surface area (Å²) >= 11 is 7.21. The maximum absolute atomic E-state index is 4.57. The minimum absolute atomic E-state index is 0.684. The molecule has 18 heavy (non-hydrogen) atoms. The van der Waals surface area contributed by atoms with Gasteiger partial charge in [0.25, 0.3) is 0 Å². The van der Waals surface area contributed by atoms with Gasteiger partial charge < -0.3 is 5.32 Å². The van der Waals surface area contributed by atoms with Gasteiger partial charge in [-0.1, -0.05) is 25.6 Å². The third-order valence-electron chi connectivity index (χ3n) is 2.73. The molecular weight excluding hydrogens is 328 g/mol. The van der Waals surface area contributed by atoms with Crippen LogP contribution in [-0.4, -0.2) is 23.5 Å².